The van der Waals surface area contributed by atoms with E-state index >= 15 is 0 Å². The Morgan fingerprint density at radius 1 is 1.10 bits per heavy atom. The van der Waals surface area contributed by atoms with Crippen molar-refractivity contribution in [3.8, 4) is 17.2 Å². The van der Waals surface area contributed by atoms with Crippen LogP contribution >= 0.6 is 24.0 Å². The van der Waals surface area contributed by atoms with E-state index in [4.69, 9.17) is 9.47 Å². The molecule has 0 saturated carbocycles. The quantitative estimate of drug-likeness (QED) is 0.295. The molecule has 0 aliphatic rings. The molecule has 2 N–H and O–H groups in total. The summed E-state index contributed by atoms with van der Waals surface area (Å²) in [6.07, 6.45) is 0. The Balaban J connectivity index is 0.00000420. The van der Waals surface area contributed by atoms with Crippen molar-refractivity contribution in [1.82, 2.24) is 10.6 Å². The molecule has 2 aromatic carbocycles. The molecular weight excluding hydrogens is 495 g/mol. The molecule has 0 fully saturated rings. The molecule has 0 radical (unpaired) electrons. The van der Waals surface area contributed by atoms with E-state index < -0.39 is 6.61 Å². The third-order valence-corrected chi connectivity index (χ3v) is 3.83. The smallest absolute Gasteiger partial charge is 0.387 e. The Labute approximate surface area is 186 Å². The number of benzene rings is 2. The van der Waals surface area contributed by atoms with Gasteiger partial charge in [-0.2, -0.15) is 8.78 Å². The zero-order valence-corrected chi connectivity index (χ0v) is 18.9. The Hall–Kier alpha value is -2.30. The van der Waals surface area contributed by atoms with Crippen LogP contribution in [0.15, 0.2) is 47.5 Å². The first-order valence-corrected chi connectivity index (χ1v) is 8.84. The predicted molar refractivity (Wildman–Crippen MR) is 120 cm³/mol. The number of halogens is 3. The van der Waals surface area contributed by atoms with E-state index in [0.717, 1.165) is 11.3 Å². The molecule has 0 bridgehead atoms. The fourth-order valence-electron chi connectivity index (χ4n) is 2.56. The molecule has 0 aliphatic carbocycles. The van der Waals surface area contributed by atoms with Gasteiger partial charge in [0.05, 0.1) is 13.7 Å². The first kappa shape index (κ1) is 24.7. The third kappa shape index (κ3) is 7.92. The highest BCUT2D eigenvalue weighted by Gasteiger charge is 2.16. The van der Waals surface area contributed by atoms with Gasteiger partial charge in [-0.3, -0.25) is 4.99 Å². The highest BCUT2D eigenvalue weighted by molar-refractivity contribution is 14.0. The monoisotopic (exact) mass is 521 g/mol. The number of guanidine groups is 1. The highest BCUT2D eigenvalue weighted by Crippen LogP contribution is 2.32. The van der Waals surface area contributed by atoms with E-state index in [-0.39, 0.29) is 42.0 Å². The fraction of sp³-hybridized carbons (Fsp3) is 0.350. The van der Waals surface area contributed by atoms with Crippen molar-refractivity contribution in [3.63, 3.8) is 0 Å². The Morgan fingerprint density at radius 3 is 2.48 bits per heavy atom. The zero-order valence-electron chi connectivity index (χ0n) is 16.6. The number of para-hydroxylation sites is 1. The average molecular weight is 521 g/mol. The van der Waals surface area contributed by atoms with Crippen LogP contribution in [0, 0.1) is 0 Å². The largest absolute Gasteiger partial charge is 0.497 e. The second-order valence-electron chi connectivity index (χ2n) is 5.69. The van der Waals surface area contributed by atoms with Crippen LogP contribution in [0.1, 0.15) is 18.1 Å². The van der Waals surface area contributed by atoms with Gasteiger partial charge < -0.3 is 24.8 Å². The molecule has 0 aliphatic heterocycles. The van der Waals surface area contributed by atoms with Crippen LogP contribution in [0.25, 0.3) is 0 Å². The van der Waals surface area contributed by atoms with Crippen molar-refractivity contribution in [3.05, 3.63) is 53.6 Å². The summed E-state index contributed by atoms with van der Waals surface area (Å²) in [7, 11) is 3.25. The molecule has 29 heavy (non-hydrogen) atoms. The van der Waals surface area contributed by atoms with Gasteiger partial charge in [0.1, 0.15) is 5.75 Å². The van der Waals surface area contributed by atoms with E-state index in [1.165, 1.54) is 0 Å². The van der Waals surface area contributed by atoms with Gasteiger partial charge >= 0.3 is 6.61 Å². The topological polar surface area (TPSA) is 64.1 Å². The molecule has 160 valence electrons. The Bertz CT molecular complexity index is 791. The minimum absolute atomic E-state index is 0. The number of alkyl halides is 2. The van der Waals surface area contributed by atoms with Crippen LogP contribution in [0.5, 0.6) is 17.2 Å². The first-order valence-electron chi connectivity index (χ1n) is 8.84. The standard InChI is InChI=1S/C20H25F2N3O3.HI/c1-4-27-17-10-6-8-15(18(17)28-19(21)22)13-25-20(23-2)24-12-14-7-5-9-16(11-14)26-3;/h5-11,19H,4,12-13H2,1-3H3,(H2,23,24,25);1H. The Kier molecular flexibility index (Phi) is 11.1. The minimum Gasteiger partial charge on any atom is -0.497 e. The van der Waals surface area contributed by atoms with Gasteiger partial charge in [0.2, 0.25) is 0 Å². The molecule has 0 aromatic heterocycles. The number of hydrogen-bond donors (Lipinski definition) is 2. The maximum absolute atomic E-state index is 12.8. The van der Waals surface area contributed by atoms with Gasteiger partial charge in [0.15, 0.2) is 17.5 Å². The minimum atomic E-state index is -2.94. The average Bonchev–Trinajstić information content (AvgIpc) is 2.70. The van der Waals surface area contributed by atoms with Gasteiger partial charge in [-0.25, -0.2) is 0 Å². The summed E-state index contributed by atoms with van der Waals surface area (Å²) in [5.41, 5.74) is 1.55. The van der Waals surface area contributed by atoms with Gasteiger partial charge in [-0.05, 0) is 30.7 Å². The first-order chi connectivity index (χ1) is 13.6. The number of rotatable bonds is 9. The van der Waals surface area contributed by atoms with Crippen molar-refractivity contribution in [2.24, 2.45) is 4.99 Å². The van der Waals surface area contributed by atoms with E-state index in [2.05, 4.69) is 20.4 Å². The van der Waals surface area contributed by atoms with E-state index in [0.29, 0.717) is 24.7 Å². The molecule has 0 heterocycles. The van der Waals surface area contributed by atoms with Crippen LogP contribution in [-0.2, 0) is 13.1 Å². The molecule has 6 nitrogen and oxygen atoms in total. The summed E-state index contributed by atoms with van der Waals surface area (Å²) in [4.78, 5) is 4.15. The van der Waals surface area contributed by atoms with Gasteiger partial charge in [-0.15, -0.1) is 24.0 Å². The van der Waals surface area contributed by atoms with E-state index in [1.807, 2.05) is 24.3 Å². The number of nitrogens with one attached hydrogen (secondary N) is 2. The summed E-state index contributed by atoms with van der Waals surface area (Å²) in [5.74, 6) is 1.59. The summed E-state index contributed by atoms with van der Waals surface area (Å²) >= 11 is 0. The second kappa shape index (κ2) is 13.0. The number of aliphatic imine (C=N–C) groups is 1. The van der Waals surface area contributed by atoms with Crippen molar-refractivity contribution >= 4 is 29.9 Å². The van der Waals surface area contributed by atoms with Gasteiger partial charge in [0, 0.05) is 25.7 Å². The third-order valence-electron chi connectivity index (χ3n) is 3.83. The van der Waals surface area contributed by atoms with Crippen molar-refractivity contribution < 1.29 is 23.0 Å². The van der Waals surface area contributed by atoms with E-state index in [9.17, 15) is 8.78 Å². The molecule has 0 unspecified atom stereocenters. The summed E-state index contributed by atoms with van der Waals surface area (Å²) < 4.78 is 40.9. The predicted octanol–water partition coefficient (Wildman–Crippen LogP) is 4.18. The number of hydrogen-bond acceptors (Lipinski definition) is 4. The molecular formula is C20H26F2IN3O3. The van der Waals surface area contributed by atoms with Crippen LogP contribution in [0.2, 0.25) is 0 Å². The molecule has 0 saturated heterocycles. The number of ether oxygens (including phenoxy) is 3. The maximum atomic E-state index is 12.8. The van der Waals surface area contributed by atoms with Gasteiger partial charge in [0.25, 0.3) is 0 Å². The molecule has 9 heteroatoms. The zero-order chi connectivity index (χ0) is 20.4. The second-order valence-corrected chi connectivity index (χ2v) is 5.69. The highest BCUT2D eigenvalue weighted by atomic mass is 127. The lowest BCUT2D eigenvalue weighted by molar-refractivity contribution is -0.0520. The van der Waals surface area contributed by atoms with E-state index in [1.54, 1.807) is 39.3 Å². The summed E-state index contributed by atoms with van der Waals surface area (Å²) in [6.45, 7) is -0.0515. The SMILES string of the molecule is CCOc1cccc(CNC(=NC)NCc2cccc(OC)c2)c1OC(F)F.I. The lowest BCUT2D eigenvalue weighted by atomic mass is 10.2. The fourth-order valence-corrected chi connectivity index (χ4v) is 2.56. The van der Waals surface area contributed by atoms with Crippen LogP contribution in [0.3, 0.4) is 0 Å². The van der Waals surface area contributed by atoms with Crippen LogP contribution < -0.4 is 24.8 Å². The molecule has 0 amide bonds. The van der Waals surface area contributed by atoms with Crippen LogP contribution in [0.4, 0.5) is 8.78 Å². The van der Waals surface area contributed by atoms with Crippen molar-refractivity contribution in [1.29, 1.82) is 0 Å². The molecule has 2 rings (SSSR count). The summed E-state index contributed by atoms with van der Waals surface area (Å²) in [5, 5.41) is 6.27. The molecule has 2 aromatic rings. The lowest BCUT2D eigenvalue weighted by Crippen LogP contribution is -2.36. The molecule has 0 atom stereocenters. The van der Waals surface area contributed by atoms with Gasteiger partial charge in [-0.1, -0.05) is 24.3 Å². The normalized spacial score (nSPS) is 10.9. The lowest BCUT2D eigenvalue weighted by Gasteiger charge is -2.17. The Morgan fingerprint density at radius 2 is 1.83 bits per heavy atom. The molecule has 0 spiro atoms. The summed E-state index contributed by atoms with van der Waals surface area (Å²) in [6, 6.07) is 12.7. The number of nitrogens with zero attached hydrogens (tertiary/aromatic N) is 1. The van der Waals surface area contributed by atoms with Crippen molar-refractivity contribution in [2.45, 2.75) is 26.6 Å². The van der Waals surface area contributed by atoms with Crippen LogP contribution in [-0.4, -0.2) is 33.3 Å². The maximum Gasteiger partial charge on any atom is 0.387 e. The van der Waals surface area contributed by atoms with Crippen molar-refractivity contribution in [2.75, 3.05) is 20.8 Å². The number of methoxy groups -OCH3 is 1.